The minimum absolute atomic E-state index is 0. The van der Waals surface area contributed by atoms with Crippen LogP contribution in [0.25, 0.3) is 0 Å². The molecule has 2 radical (unpaired) electrons. The van der Waals surface area contributed by atoms with Gasteiger partial charge in [0.05, 0.1) is 0 Å². The summed E-state index contributed by atoms with van der Waals surface area (Å²) in [6.07, 6.45) is 7.28. The van der Waals surface area contributed by atoms with Crippen LogP contribution < -0.4 is 0 Å². The fourth-order valence-corrected chi connectivity index (χ4v) is 0.500. The van der Waals surface area contributed by atoms with Crippen molar-refractivity contribution in [1.29, 1.82) is 0 Å². The van der Waals surface area contributed by atoms with Crippen molar-refractivity contribution in [1.82, 2.24) is 0 Å². The Hall–Kier alpha value is 1.43. The van der Waals surface area contributed by atoms with Crippen molar-refractivity contribution in [3.8, 4) is 0 Å². The van der Waals surface area contributed by atoms with Gasteiger partial charge in [0.25, 0.3) is 0 Å². The molecule has 0 nitrogen and oxygen atoms in total. The molecule has 0 N–H and O–H groups in total. The maximum atomic E-state index is 3.07. The Kier molecular flexibility index (Phi) is 25.3. The van der Waals surface area contributed by atoms with E-state index in [-0.39, 0.29) is 72.8 Å². The molecule has 14 heavy (non-hydrogen) atoms. The zero-order chi connectivity index (χ0) is 8.85. The summed E-state index contributed by atoms with van der Waals surface area (Å²) in [5.41, 5.74) is 3.88. The summed E-state index contributed by atoms with van der Waals surface area (Å²) in [5.74, 6) is 0. The van der Waals surface area contributed by atoms with Crippen molar-refractivity contribution in [2.75, 3.05) is 0 Å². The summed E-state index contributed by atoms with van der Waals surface area (Å²) in [5, 5.41) is 0. The second-order valence-corrected chi connectivity index (χ2v) is 2.95. The molecule has 0 bridgehead atoms. The molecular weight excluding hydrogens is 322 g/mol. The van der Waals surface area contributed by atoms with Crippen molar-refractivity contribution in [3.05, 3.63) is 42.4 Å². The molecular formula is C12H20Y2-2. The maximum absolute atomic E-state index is 3.07. The van der Waals surface area contributed by atoms with Crippen LogP contribution in [0, 0.1) is 13.5 Å². The average molecular weight is 342 g/mol. The first-order valence-electron chi connectivity index (χ1n) is 3.91. The van der Waals surface area contributed by atoms with Crippen molar-refractivity contribution >= 4 is 0 Å². The summed E-state index contributed by atoms with van der Waals surface area (Å²) in [7, 11) is 0. The van der Waals surface area contributed by atoms with Gasteiger partial charge in [0.2, 0.25) is 0 Å². The Bertz CT molecular complexity index is 206. The van der Waals surface area contributed by atoms with Crippen LogP contribution in [0.5, 0.6) is 0 Å². The van der Waals surface area contributed by atoms with Gasteiger partial charge >= 0.3 is 0 Å². The van der Waals surface area contributed by atoms with Crippen LogP contribution in [-0.2, 0) is 65.4 Å². The van der Waals surface area contributed by atoms with Crippen LogP contribution >= 0.6 is 0 Å². The van der Waals surface area contributed by atoms with Crippen LogP contribution in [0.2, 0.25) is 0 Å². The molecule has 0 unspecified atom stereocenters. The first-order chi connectivity index (χ1) is 5.07. The second-order valence-electron chi connectivity index (χ2n) is 2.95. The Balaban J connectivity index is -0.000000167. The number of hydrogen-bond donors (Lipinski definition) is 0. The zero-order valence-corrected chi connectivity index (χ0v) is 16.0. The Morgan fingerprint density at radius 3 is 1.64 bits per heavy atom. The molecule has 0 heterocycles. The van der Waals surface area contributed by atoms with Crippen LogP contribution in [-0.4, -0.2) is 0 Å². The molecule has 0 aromatic heterocycles. The molecule has 0 rings (SSSR count). The fraction of sp³-hybridized carbons (Fsp3) is 0.417. The van der Waals surface area contributed by atoms with Gasteiger partial charge in [-0.05, 0) is 20.8 Å². The standard InChI is InChI=1S/C11H17.CH3.2Y/c1-6-10(4)7-8-11(5)9(2)3;;;/h7-8H,1-5H3;1H3;;/q2*-1;;/b8-7+;;;. The number of hydrogen-bond acceptors (Lipinski definition) is 0. The van der Waals surface area contributed by atoms with E-state index in [1.807, 2.05) is 6.92 Å². The van der Waals surface area contributed by atoms with Crippen LogP contribution in [0.3, 0.4) is 0 Å². The Labute approximate surface area is 140 Å². The molecule has 0 saturated heterocycles. The molecule has 0 fully saturated rings. The number of rotatable bonds is 2. The first-order valence-corrected chi connectivity index (χ1v) is 3.91. The van der Waals surface area contributed by atoms with E-state index < -0.39 is 0 Å². The summed E-state index contributed by atoms with van der Waals surface area (Å²) in [6.45, 7) is 10.3. The molecule has 0 amide bonds. The third-order valence-electron chi connectivity index (χ3n) is 1.77. The summed E-state index contributed by atoms with van der Waals surface area (Å²) in [6, 6.07) is 0. The van der Waals surface area contributed by atoms with Gasteiger partial charge in [0.15, 0.2) is 0 Å². The predicted octanol–water partition coefficient (Wildman–Crippen LogP) is 4.11. The van der Waals surface area contributed by atoms with E-state index in [0.29, 0.717) is 0 Å². The summed E-state index contributed by atoms with van der Waals surface area (Å²) in [4.78, 5) is 0. The topological polar surface area (TPSA) is 0 Å². The van der Waals surface area contributed by atoms with Crippen LogP contribution in [0.15, 0.2) is 28.9 Å². The van der Waals surface area contributed by atoms with E-state index in [2.05, 4.69) is 45.9 Å². The smallest absolute Gasteiger partial charge is 0 e. The van der Waals surface area contributed by atoms with Gasteiger partial charge in [0, 0.05) is 65.4 Å². The molecule has 76 valence electrons. The minimum atomic E-state index is 0. The molecule has 0 atom stereocenters. The van der Waals surface area contributed by atoms with Crippen molar-refractivity contribution in [2.24, 2.45) is 0 Å². The molecule has 0 saturated carbocycles. The Morgan fingerprint density at radius 1 is 0.929 bits per heavy atom. The Morgan fingerprint density at radius 2 is 1.36 bits per heavy atom. The molecule has 0 aliphatic heterocycles. The number of allylic oxidation sites excluding steroid dienone is 6. The van der Waals surface area contributed by atoms with E-state index in [1.54, 1.807) is 0 Å². The first kappa shape index (κ1) is 24.6. The van der Waals surface area contributed by atoms with E-state index >= 15 is 0 Å². The molecule has 0 spiro atoms. The zero-order valence-electron chi connectivity index (χ0n) is 10.3. The fourth-order valence-electron chi connectivity index (χ4n) is 0.500. The monoisotopic (exact) mass is 342 g/mol. The maximum Gasteiger partial charge on any atom is 0 e. The SMILES string of the molecule is C[C-]=C(C)/C=C/C(C)=C(C)C.[CH3-].[Y].[Y]. The normalized spacial score (nSPS) is 9.64. The third kappa shape index (κ3) is 13.4. The van der Waals surface area contributed by atoms with Gasteiger partial charge in [-0.1, -0.05) is 18.1 Å². The predicted molar refractivity (Wildman–Crippen MR) is 57.7 cm³/mol. The molecule has 0 aliphatic rings. The van der Waals surface area contributed by atoms with Gasteiger partial charge in [-0.2, -0.15) is 0 Å². The summed E-state index contributed by atoms with van der Waals surface area (Å²) < 4.78 is 0. The van der Waals surface area contributed by atoms with Gasteiger partial charge in [-0.3, -0.25) is 6.08 Å². The molecule has 0 aliphatic carbocycles. The van der Waals surface area contributed by atoms with Gasteiger partial charge in [-0.25, -0.2) is 11.6 Å². The van der Waals surface area contributed by atoms with E-state index in [4.69, 9.17) is 0 Å². The third-order valence-corrected chi connectivity index (χ3v) is 1.77. The van der Waals surface area contributed by atoms with Crippen LogP contribution in [0.1, 0.15) is 34.6 Å². The van der Waals surface area contributed by atoms with Crippen molar-refractivity contribution < 1.29 is 65.4 Å². The quantitative estimate of drug-likeness (QED) is 0.523. The minimum Gasteiger partial charge on any atom is -0.358 e. The summed E-state index contributed by atoms with van der Waals surface area (Å²) >= 11 is 0. The van der Waals surface area contributed by atoms with Crippen molar-refractivity contribution in [2.45, 2.75) is 34.6 Å². The second kappa shape index (κ2) is 14.4. The van der Waals surface area contributed by atoms with E-state index in [9.17, 15) is 0 Å². The van der Waals surface area contributed by atoms with Gasteiger partial charge < -0.3 is 7.43 Å². The van der Waals surface area contributed by atoms with E-state index in [0.717, 1.165) is 0 Å². The molecule has 0 aromatic carbocycles. The van der Waals surface area contributed by atoms with Crippen molar-refractivity contribution in [3.63, 3.8) is 0 Å². The average Bonchev–Trinajstić information content (AvgIpc) is 1.99. The van der Waals surface area contributed by atoms with Crippen LogP contribution in [0.4, 0.5) is 0 Å². The van der Waals surface area contributed by atoms with E-state index in [1.165, 1.54) is 16.7 Å². The largest absolute Gasteiger partial charge is 0.358 e. The van der Waals surface area contributed by atoms with Gasteiger partial charge in [0.1, 0.15) is 0 Å². The van der Waals surface area contributed by atoms with Gasteiger partial charge in [-0.15, -0.1) is 13.0 Å². The molecule has 2 heteroatoms. The molecule has 0 aromatic rings.